The summed E-state index contributed by atoms with van der Waals surface area (Å²) < 4.78 is 44.9. The van der Waals surface area contributed by atoms with Gasteiger partial charge in [-0.05, 0) is 43.4 Å². The highest BCUT2D eigenvalue weighted by atomic mass is 35.5. The second-order valence-electron chi connectivity index (χ2n) is 9.95. The van der Waals surface area contributed by atoms with Gasteiger partial charge in [0.05, 0.1) is 23.0 Å². The van der Waals surface area contributed by atoms with Crippen LogP contribution in [0.4, 0.5) is 24.5 Å². The summed E-state index contributed by atoms with van der Waals surface area (Å²) in [7, 11) is 0. The van der Waals surface area contributed by atoms with Crippen molar-refractivity contribution in [3.8, 4) is 0 Å². The Hall–Kier alpha value is -3.34. The number of hydrogen-bond donors (Lipinski definition) is 1. The van der Waals surface area contributed by atoms with Crippen LogP contribution >= 0.6 is 11.6 Å². The molecule has 2 aromatic heterocycles. The summed E-state index contributed by atoms with van der Waals surface area (Å²) in [5.41, 5.74) is 2.01. The Kier molecular flexibility index (Phi) is 5.59. The molecule has 2 atom stereocenters. The number of nitrogens with zero attached hydrogens (tertiary/aromatic N) is 5. The van der Waals surface area contributed by atoms with Gasteiger partial charge in [0.2, 0.25) is 11.8 Å². The maximum absolute atomic E-state index is 14.4. The van der Waals surface area contributed by atoms with E-state index in [0.29, 0.717) is 30.2 Å². The summed E-state index contributed by atoms with van der Waals surface area (Å²) >= 11 is 6.06. The molecule has 5 heterocycles. The van der Waals surface area contributed by atoms with E-state index in [4.69, 9.17) is 11.6 Å². The van der Waals surface area contributed by atoms with Gasteiger partial charge in [-0.2, -0.15) is 18.3 Å². The number of carbonyl (C=O) groups is 2. The molecular weight excluding hydrogens is 509 g/mol. The van der Waals surface area contributed by atoms with Crippen LogP contribution in [0, 0.1) is 5.41 Å². The minimum absolute atomic E-state index is 0.00565. The van der Waals surface area contributed by atoms with Gasteiger partial charge < -0.3 is 15.1 Å². The van der Waals surface area contributed by atoms with E-state index >= 15 is 0 Å². The van der Waals surface area contributed by atoms with Gasteiger partial charge in [-0.1, -0.05) is 23.7 Å². The molecule has 2 saturated heterocycles. The van der Waals surface area contributed by atoms with Gasteiger partial charge in [0, 0.05) is 37.8 Å². The Morgan fingerprint density at radius 2 is 1.89 bits per heavy atom. The molecule has 12 heteroatoms. The molecule has 6 rings (SSSR count). The number of aromatic nitrogens is 3. The lowest BCUT2D eigenvalue weighted by atomic mass is 9.77. The maximum Gasteiger partial charge on any atom is 0.413 e. The Balaban J connectivity index is 1.32. The lowest BCUT2D eigenvalue weighted by Crippen LogP contribution is -2.53. The van der Waals surface area contributed by atoms with E-state index in [0.717, 1.165) is 34.8 Å². The molecule has 194 valence electrons. The van der Waals surface area contributed by atoms with Crippen molar-refractivity contribution in [2.75, 3.05) is 24.5 Å². The minimum Gasteiger partial charge on any atom is -0.355 e. The number of aryl methyl sites for hydroxylation is 1. The number of carbonyl (C=O) groups excluding carboxylic acids is 2. The average molecular weight is 533 g/mol. The van der Waals surface area contributed by atoms with E-state index in [9.17, 15) is 22.8 Å². The van der Waals surface area contributed by atoms with Crippen molar-refractivity contribution < 1.29 is 22.8 Å². The summed E-state index contributed by atoms with van der Waals surface area (Å²) in [4.78, 5) is 32.5. The van der Waals surface area contributed by atoms with E-state index < -0.39 is 23.5 Å². The Labute approximate surface area is 215 Å². The predicted octanol–water partition coefficient (Wildman–Crippen LogP) is 4.20. The van der Waals surface area contributed by atoms with E-state index in [-0.39, 0.29) is 31.0 Å². The number of halogens is 4. The summed E-state index contributed by atoms with van der Waals surface area (Å²) in [5.74, 6) is -0.907. The predicted molar refractivity (Wildman–Crippen MR) is 130 cm³/mol. The van der Waals surface area contributed by atoms with Crippen molar-refractivity contribution in [3.05, 3.63) is 52.9 Å². The molecule has 1 aromatic carbocycles. The Morgan fingerprint density at radius 3 is 2.59 bits per heavy atom. The number of likely N-dealkylation sites (tertiary alicyclic amines) is 1. The molecule has 1 N–H and O–H groups in total. The van der Waals surface area contributed by atoms with Crippen LogP contribution in [-0.4, -0.2) is 57.1 Å². The molecule has 2 fully saturated rings. The highest BCUT2D eigenvalue weighted by molar-refractivity contribution is 6.29. The summed E-state index contributed by atoms with van der Waals surface area (Å²) in [6.45, 7) is 0.751. The smallest absolute Gasteiger partial charge is 0.355 e. The zero-order valence-corrected chi connectivity index (χ0v) is 20.5. The first-order valence-corrected chi connectivity index (χ1v) is 12.6. The summed E-state index contributed by atoms with van der Waals surface area (Å²) in [6.07, 6.45) is -0.587. The number of fused-ring (bicyclic) bond motifs is 3. The molecule has 0 saturated carbocycles. The lowest BCUT2D eigenvalue weighted by molar-refractivity contribution is -0.199. The number of rotatable bonds is 3. The van der Waals surface area contributed by atoms with Crippen molar-refractivity contribution in [2.45, 2.75) is 44.3 Å². The van der Waals surface area contributed by atoms with Crippen LogP contribution in [0.15, 0.2) is 36.5 Å². The topological polar surface area (TPSA) is 82.8 Å². The van der Waals surface area contributed by atoms with Gasteiger partial charge >= 0.3 is 6.18 Å². The Morgan fingerprint density at radius 1 is 1.11 bits per heavy atom. The van der Waals surface area contributed by atoms with Gasteiger partial charge in [-0.3, -0.25) is 9.59 Å². The molecule has 3 aliphatic rings. The summed E-state index contributed by atoms with van der Waals surface area (Å²) in [5, 5.41) is 7.28. The normalized spacial score (nSPS) is 23.0. The number of hydrogen-bond acceptors (Lipinski definition) is 5. The first-order valence-electron chi connectivity index (χ1n) is 12.2. The van der Waals surface area contributed by atoms with Crippen LogP contribution in [0.1, 0.15) is 43.0 Å². The molecule has 1 spiro atoms. The number of anilines is 2. The molecule has 2 amide bonds. The lowest BCUT2D eigenvalue weighted by Gasteiger charge is -2.43. The molecule has 0 bridgehead atoms. The maximum atomic E-state index is 14.4. The fourth-order valence-electron chi connectivity index (χ4n) is 5.95. The number of alkyl halides is 3. The quantitative estimate of drug-likeness (QED) is 0.547. The van der Waals surface area contributed by atoms with Crippen molar-refractivity contribution in [1.82, 2.24) is 24.8 Å². The van der Waals surface area contributed by atoms with Crippen LogP contribution in [0.25, 0.3) is 5.65 Å². The van der Waals surface area contributed by atoms with Gasteiger partial charge in [0.1, 0.15) is 0 Å². The first-order chi connectivity index (χ1) is 17.7. The second-order valence-corrected chi connectivity index (χ2v) is 10.3. The first kappa shape index (κ1) is 24.0. The minimum atomic E-state index is -4.67. The molecule has 3 aromatic rings. The highest BCUT2D eigenvalue weighted by Gasteiger charge is 2.55. The van der Waals surface area contributed by atoms with E-state index in [1.54, 1.807) is 28.9 Å². The third-order valence-electron chi connectivity index (χ3n) is 7.65. The van der Waals surface area contributed by atoms with Crippen LogP contribution in [-0.2, 0) is 16.0 Å². The van der Waals surface area contributed by atoms with Gasteiger partial charge in [-0.25, -0.2) is 9.50 Å². The molecule has 8 nitrogen and oxygen atoms in total. The fourth-order valence-corrected chi connectivity index (χ4v) is 6.13. The molecule has 3 aliphatic heterocycles. The zero-order chi connectivity index (χ0) is 25.9. The number of benzene rings is 1. The van der Waals surface area contributed by atoms with Gasteiger partial charge in [0.15, 0.2) is 16.8 Å². The van der Waals surface area contributed by atoms with Crippen molar-refractivity contribution in [1.29, 1.82) is 0 Å². The average Bonchev–Trinajstić information content (AvgIpc) is 3.43. The van der Waals surface area contributed by atoms with Crippen LogP contribution in [0.5, 0.6) is 0 Å². The van der Waals surface area contributed by atoms with Gasteiger partial charge in [-0.15, -0.1) is 0 Å². The van der Waals surface area contributed by atoms with Crippen LogP contribution in [0.3, 0.4) is 0 Å². The number of nitrogens with one attached hydrogen (secondary N) is 1. The van der Waals surface area contributed by atoms with Crippen LogP contribution in [0.2, 0.25) is 5.15 Å². The SMILES string of the molecule is O=C1CC2(CCCN([C@@H](c3ccc(N4CCCc5c4cnc4cc(Cl)nn54)cc3)C(F)(F)F)C2=O)CN1. The fraction of sp³-hybridized carbons (Fsp3) is 0.440. The van der Waals surface area contributed by atoms with E-state index in [1.165, 1.54) is 12.1 Å². The van der Waals surface area contributed by atoms with E-state index in [2.05, 4.69) is 15.4 Å². The third kappa shape index (κ3) is 4.00. The largest absolute Gasteiger partial charge is 0.413 e. The molecule has 1 unspecified atom stereocenters. The standard InChI is InChI=1S/C25H24ClF3N6O2/c26-19-11-20-30-13-18-17(35(20)32-19)3-1-9-33(18)16-6-4-15(5-7-16)22(25(27,28)29)34-10-2-8-24(23(34)37)12-21(36)31-14-24/h4-7,11,13,22H,1-3,8-10,12,14H2,(H,31,36)/t22-,24?/m0/s1. The molecule has 37 heavy (non-hydrogen) atoms. The number of amides is 2. The molecule has 0 aliphatic carbocycles. The molecule has 0 radical (unpaired) electrons. The zero-order valence-electron chi connectivity index (χ0n) is 19.8. The highest BCUT2D eigenvalue weighted by Crippen LogP contribution is 2.45. The van der Waals surface area contributed by atoms with E-state index in [1.807, 2.05) is 4.90 Å². The van der Waals surface area contributed by atoms with Crippen molar-refractivity contribution >= 4 is 40.4 Å². The van der Waals surface area contributed by atoms with Crippen molar-refractivity contribution in [3.63, 3.8) is 0 Å². The van der Waals surface area contributed by atoms with Crippen molar-refractivity contribution in [2.24, 2.45) is 5.41 Å². The van der Waals surface area contributed by atoms with Gasteiger partial charge in [0.25, 0.3) is 0 Å². The third-order valence-corrected chi connectivity index (χ3v) is 7.84. The summed E-state index contributed by atoms with van der Waals surface area (Å²) in [6, 6.07) is 5.76. The number of piperidine rings is 1. The second kappa shape index (κ2) is 8.61. The monoisotopic (exact) mass is 532 g/mol. The van der Waals surface area contributed by atoms with Crippen LogP contribution < -0.4 is 10.2 Å². The molecular formula is C25H24ClF3N6O2. The Bertz CT molecular complexity index is 1390.